The standard InChI is InChI=1S/C18H14F3N3O2/c1-11(13-3-2-4-14(9-13)18(19,20)21)23-17(25)15-10-16(26-24-15)12-5-7-22-8-6-12/h2-11H,1H3,(H,23,25)/t11-/m1/s1. The summed E-state index contributed by atoms with van der Waals surface area (Å²) in [6.07, 6.45) is -1.29. The second-order valence-electron chi connectivity index (χ2n) is 5.63. The molecule has 2 aromatic heterocycles. The topological polar surface area (TPSA) is 68.0 Å². The summed E-state index contributed by atoms with van der Waals surface area (Å²) in [4.78, 5) is 16.2. The van der Waals surface area contributed by atoms with E-state index in [0.29, 0.717) is 16.9 Å². The molecule has 8 heteroatoms. The van der Waals surface area contributed by atoms with Gasteiger partial charge >= 0.3 is 6.18 Å². The number of halogens is 3. The molecule has 1 aromatic carbocycles. The van der Waals surface area contributed by atoms with E-state index in [-0.39, 0.29) is 5.69 Å². The Labute approximate surface area is 146 Å². The zero-order valence-corrected chi connectivity index (χ0v) is 13.6. The number of carbonyl (C=O) groups is 1. The Hall–Kier alpha value is -3.16. The SMILES string of the molecule is C[C@@H](NC(=O)c1cc(-c2ccncc2)on1)c1cccc(C(F)(F)F)c1. The molecule has 3 rings (SSSR count). The molecular weight excluding hydrogens is 347 g/mol. The maximum absolute atomic E-state index is 12.8. The predicted molar refractivity (Wildman–Crippen MR) is 87.1 cm³/mol. The Bertz CT molecular complexity index is 907. The molecule has 26 heavy (non-hydrogen) atoms. The number of pyridine rings is 1. The number of amides is 1. The Morgan fingerprint density at radius 3 is 2.58 bits per heavy atom. The molecule has 1 atom stereocenters. The van der Waals surface area contributed by atoms with Crippen LogP contribution in [0.5, 0.6) is 0 Å². The van der Waals surface area contributed by atoms with Gasteiger partial charge in [0.25, 0.3) is 5.91 Å². The zero-order chi connectivity index (χ0) is 18.7. The number of aromatic nitrogens is 2. The van der Waals surface area contributed by atoms with E-state index < -0.39 is 23.7 Å². The van der Waals surface area contributed by atoms with Gasteiger partial charge in [0.15, 0.2) is 11.5 Å². The fourth-order valence-electron chi connectivity index (χ4n) is 2.37. The molecule has 2 heterocycles. The van der Waals surface area contributed by atoms with Gasteiger partial charge in [-0.05, 0) is 36.8 Å². The van der Waals surface area contributed by atoms with Crippen LogP contribution in [0.25, 0.3) is 11.3 Å². The van der Waals surface area contributed by atoms with Crippen molar-refractivity contribution in [1.29, 1.82) is 0 Å². The number of rotatable bonds is 4. The first-order valence-corrected chi connectivity index (χ1v) is 7.70. The molecule has 0 fully saturated rings. The van der Waals surface area contributed by atoms with E-state index in [1.807, 2.05) is 0 Å². The van der Waals surface area contributed by atoms with E-state index in [0.717, 1.165) is 12.1 Å². The Kier molecular flexibility index (Phi) is 4.75. The van der Waals surface area contributed by atoms with Crippen LogP contribution in [0.1, 0.15) is 34.6 Å². The van der Waals surface area contributed by atoms with Crippen molar-refractivity contribution < 1.29 is 22.5 Å². The summed E-state index contributed by atoms with van der Waals surface area (Å²) in [7, 11) is 0. The zero-order valence-electron chi connectivity index (χ0n) is 13.6. The fraction of sp³-hybridized carbons (Fsp3) is 0.167. The van der Waals surface area contributed by atoms with Crippen LogP contribution in [0.3, 0.4) is 0 Å². The third-order valence-electron chi connectivity index (χ3n) is 3.77. The highest BCUT2D eigenvalue weighted by molar-refractivity contribution is 5.93. The highest BCUT2D eigenvalue weighted by atomic mass is 19.4. The van der Waals surface area contributed by atoms with Gasteiger partial charge in [0.05, 0.1) is 11.6 Å². The molecule has 1 N–H and O–H groups in total. The summed E-state index contributed by atoms with van der Waals surface area (Å²) in [5.41, 5.74) is 0.316. The van der Waals surface area contributed by atoms with E-state index in [4.69, 9.17) is 4.52 Å². The molecule has 0 saturated carbocycles. The van der Waals surface area contributed by atoms with Gasteiger partial charge in [-0.1, -0.05) is 17.3 Å². The number of carbonyl (C=O) groups excluding carboxylic acids is 1. The van der Waals surface area contributed by atoms with Gasteiger partial charge in [0.2, 0.25) is 0 Å². The lowest BCUT2D eigenvalue weighted by atomic mass is 10.0. The minimum absolute atomic E-state index is 0.0376. The van der Waals surface area contributed by atoms with E-state index in [2.05, 4.69) is 15.5 Å². The molecule has 0 unspecified atom stereocenters. The second kappa shape index (κ2) is 6.99. The van der Waals surface area contributed by atoms with Gasteiger partial charge in [-0.25, -0.2) is 0 Å². The largest absolute Gasteiger partial charge is 0.416 e. The minimum atomic E-state index is -4.44. The van der Waals surface area contributed by atoms with Crippen molar-refractivity contribution in [1.82, 2.24) is 15.5 Å². The molecule has 5 nitrogen and oxygen atoms in total. The highest BCUT2D eigenvalue weighted by Crippen LogP contribution is 2.30. The van der Waals surface area contributed by atoms with Crippen molar-refractivity contribution in [2.45, 2.75) is 19.1 Å². The van der Waals surface area contributed by atoms with Crippen molar-refractivity contribution >= 4 is 5.91 Å². The van der Waals surface area contributed by atoms with Gasteiger partial charge in [-0.15, -0.1) is 0 Å². The van der Waals surface area contributed by atoms with Gasteiger partial charge in [-0.2, -0.15) is 13.2 Å². The lowest BCUT2D eigenvalue weighted by Crippen LogP contribution is -2.27. The summed E-state index contributed by atoms with van der Waals surface area (Å²) in [5.74, 6) is -0.150. The minimum Gasteiger partial charge on any atom is -0.355 e. The van der Waals surface area contributed by atoms with Crippen molar-refractivity contribution in [3.05, 3.63) is 71.7 Å². The molecule has 0 radical (unpaired) electrons. The normalized spacial score (nSPS) is 12.6. The third-order valence-corrected chi connectivity index (χ3v) is 3.77. The molecular formula is C18H14F3N3O2. The number of hydrogen-bond acceptors (Lipinski definition) is 4. The van der Waals surface area contributed by atoms with Gasteiger partial charge in [-0.3, -0.25) is 9.78 Å². The molecule has 134 valence electrons. The van der Waals surface area contributed by atoms with Crippen LogP contribution >= 0.6 is 0 Å². The number of alkyl halides is 3. The average Bonchev–Trinajstić information content (AvgIpc) is 3.12. The summed E-state index contributed by atoms with van der Waals surface area (Å²) in [6, 6.07) is 9.05. The molecule has 0 aliphatic carbocycles. The first-order valence-electron chi connectivity index (χ1n) is 7.70. The summed E-state index contributed by atoms with van der Waals surface area (Å²) >= 11 is 0. The predicted octanol–water partition coefficient (Wildman–Crippen LogP) is 4.25. The number of benzene rings is 1. The monoisotopic (exact) mass is 361 g/mol. The summed E-state index contributed by atoms with van der Waals surface area (Å²) in [6.45, 7) is 1.59. The molecule has 0 aliphatic heterocycles. The van der Waals surface area contributed by atoms with E-state index in [9.17, 15) is 18.0 Å². The van der Waals surface area contributed by atoms with Crippen LogP contribution in [0, 0.1) is 0 Å². The molecule has 1 amide bonds. The van der Waals surface area contributed by atoms with Crippen LogP contribution in [0.4, 0.5) is 13.2 Å². The van der Waals surface area contributed by atoms with Crippen molar-refractivity contribution in [3.63, 3.8) is 0 Å². The fourth-order valence-corrected chi connectivity index (χ4v) is 2.37. The van der Waals surface area contributed by atoms with E-state index in [1.165, 1.54) is 18.2 Å². The number of nitrogens with one attached hydrogen (secondary N) is 1. The van der Waals surface area contributed by atoms with Crippen LogP contribution in [-0.4, -0.2) is 16.0 Å². The number of hydrogen-bond donors (Lipinski definition) is 1. The average molecular weight is 361 g/mol. The molecule has 3 aromatic rings. The van der Waals surface area contributed by atoms with Gasteiger partial charge < -0.3 is 9.84 Å². The Balaban J connectivity index is 1.73. The van der Waals surface area contributed by atoms with Crippen molar-refractivity contribution in [3.8, 4) is 11.3 Å². The van der Waals surface area contributed by atoms with E-state index in [1.54, 1.807) is 31.5 Å². The van der Waals surface area contributed by atoms with Gasteiger partial charge in [0.1, 0.15) is 0 Å². The third kappa shape index (κ3) is 3.90. The molecule has 0 aliphatic rings. The van der Waals surface area contributed by atoms with Crippen LogP contribution < -0.4 is 5.32 Å². The lowest BCUT2D eigenvalue weighted by Gasteiger charge is -2.15. The lowest BCUT2D eigenvalue weighted by molar-refractivity contribution is -0.137. The number of nitrogens with zero attached hydrogens (tertiary/aromatic N) is 2. The molecule has 0 bridgehead atoms. The Morgan fingerprint density at radius 2 is 1.88 bits per heavy atom. The van der Waals surface area contributed by atoms with E-state index >= 15 is 0 Å². The van der Waals surface area contributed by atoms with Gasteiger partial charge in [0, 0.05) is 24.0 Å². The first-order chi connectivity index (χ1) is 12.3. The van der Waals surface area contributed by atoms with Crippen LogP contribution in [0.15, 0.2) is 59.4 Å². The smallest absolute Gasteiger partial charge is 0.355 e. The van der Waals surface area contributed by atoms with Crippen molar-refractivity contribution in [2.24, 2.45) is 0 Å². The van der Waals surface area contributed by atoms with Crippen LogP contribution in [0.2, 0.25) is 0 Å². The molecule has 0 spiro atoms. The summed E-state index contributed by atoms with van der Waals surface area (Å²) < 4.78 is 43.6. The maximum Gasteiger partial charge on any atom is 0.416 e. The maximum atomic E-state index is 12.8. The second-order valence-corrected chi connectivity index (χ2v) is 5.63. The van der Waals surface area contributed by atoms with Crippen molar-refractivity contribution in [2.75, 3.05) is 0 Å². The van der Waals surface area contributed by atoms with Crippen LogP contribution in [-0.2, 0) is 6.18 Å². The molecule has 0 saturated heterocycles. The quantitative estimate of drug-likeness (QED) is 0.754. The first kappa shape index (κ1) is 17.7. The summed E-state index contributed by atoms with van der Waals surface area (Å²) in [5, 5.41) is 6.32. The highest BCUT2D eigenvalue weighted by Gasteiger charge is 2.30. The Morgan fingerprint density at radius 1 is 1.15 bits per heavy atom.